The van der Waals surface area contributed by atoms with Crippen LogP contribution in [0.15, 0.2) is 0 Å². The summed E-state index contributed by atoms with van der Waals surface area (Å²) >= 11 is 0. The van der Waals surface area contributed by atoms with Crippen molar-refractivity contribution in [1.29, 1.82) is 0 Å². The van der Waals surface area contributed by atoms with E-state index in [1.807, 2.05) is 13.8 Å². The molecular formula is C13H28O2. The Morgan fingerprint density at radius 3 is 1.93 bits per heavy atom. The SMILES string of the molecule is CCCCCC(O)C(C)(CC)C(C)(C)O. The van der Waals surface area contributed by atoms with Crippen molar-refractivity contribution in [2.75, 3.05) is 0 Å². The molecule has 0 heterocycles. The van der Waals surface area contributed by atoms with E-state index in [-0.39, 0.29) is 0 Å². The lowest BCUT2D eigenvalue weighted by Crippen LogP contribution is -2.49. The number of aliphatic hydroxyl groups excluding tert-OH is 1. The summed E-state index contributed by atoms with van der Waals surface area (Å²) < 4.78 is 0. The highest BCUT2D eigenvalue weighted by Gasteiger charge is 2.43. The van der Waals surface area contributed by atoms with Gasteiger partial charge in [-0.05, 0) is 26.7 Å². The Kier molecular flexibility index (Phi) is 5.82. The van der Waals surface area contributed by atoms with Gasteiger partial charge in [-0.25, -0.2) is 0 Å². The predicted octanol–water partition coefficient (Wildman–Crippen LogP) is 3.11. The van der Waals surface area contributed by atoms with Crippen molar-refractivity contribution in [2.24, 2.45) is 5.41 Å². The van der Waals surface area contributed by atoms with Crippen molar-refractivity contribution >= 4 is 0 Å². The Hall–Kier alpha value is -0.0800. The molecule has 0 fully saturated rings. The zero-order valence-corrected chi connectivity index (χ0v) is 11.0. The molecule has 0 spiro atoms. The molecule has 0 saturated carbocycles. The van der Waals surface area contributed by atoms with Gasteiger partial charge in [-0.3, -0.25) is 0 Å². The van der Waals surface area contributed by atoms with Gasteiger partial charge in [-0.15, -0.1) is 0 Å². The Balaban J connectivity index is 4.39. The molecule has 0 aliphatic rings. The molecule has 2 N–H and O–H groups in total. The van der Waals surface area contributed by atoms with Crippen LogP contribution in [0.3, 0.4) is 0 Å². The highest BCUT2D eigenvalue weighted by molar-refractivity contribution is 4.93. The maximum atomic E-state index is 10.2. The summed E-state index contributed by atoms with van der Waals surface area (Å²) in [7, 11) is 0. The highest BCUT2D eigenvalue weighted by atomic mass is 16.3. The van der Waals surface area contributed by atoms with Crippen LogP contribution in [0.4, 0.5) is 0 Å². The van der Waals surface area contributed by atoms with Gasteiger partial charge in [0.15, 0.2) is 0 Å². The van der Waals surface area contributed by atoms with E-state index in [9.17, 15) is 10.2 Å². The molecule has 92 valence electrons. The minimum Gasteiger partial charge on any atom is -0.392 e. The first-order chi connectivity index (χ1) is 6.79. The summed E-state index contributed by atoms with van der Waals surface area (Å²) in [5.74, 6) is 0. The van der Waals surface area contributed by atoms with E-state index in [0.717, 1.165) is 32.1 Å². The zero-order valence-electron chi connectivity index (χ0n) is 11.0. The number of unbranched alkanes of at least 4 members (excludes halogenated alkanes) is 2. The summed E-state index contributed by atoms with van der Waals surface area (Å²) in [6.45, 7) is 9.74. The summed E-state index contributed by atoms with van der Waals surface area (Å²) in [4.78, 5) is 0. The Morgan fingerprint density at radius 1 is 1.07 bits per heavy atom. The normalized spacial score (nSPS) is 18.6. The lowest BCUT2D eigenvalue weighted by atomic mass is 9.68. The molecule has 0 aliphatic heterocycles. The topological polar surface area (TPSA) is 40.5 Å². The van der Waals surface area contributed by atoms with Crippen LogP contribution >= 0.6 is 0 Å². The van der Waals surface area contributed by atoms with Gasteiger partial charge in [0.1, 0.15) is 0 Å². The average molecular weight is 216 g/mol. The van der Waals surface area contributed by atoms with Crippen LogP contribution in [-0.2, 0) is 0 Å². The van der Waals surface area contributed by atoms with Crippen molar-refractivity contribution in [3.8, 4) is 0 Å². The van der Waals surface area contributed by atoms with E-state index in [1.165, 1.54) is 0 Å². The van der Waals surface area contributed by atoms with Gasteiger partial charge < -0.3 is 10.2 Å². The number of hydrogen-bond donors (Lipinski definition) is 2. The molecule has 2 heteroatoms. The molecule has 0 rings (SSSR count). The third-order valence-corrected chi connectivity index (χ3v) is 3.95. The Morgan fingerprint density at radius 2 is 1.60 bits per heavy atom. The second-order valence-corrected chi connectivity index (χ2v) is 5.34. The van der Waals surface area contributed by atoms with Crippen LogP contribution in [0, 0.1) is 5.41 Å². The third-order valence-electron chi connectivity index (χ3n) is 3.95. The lowest BCUT2D eigenvalue weighted by Gasteiger charge is -2.43. The highest BCUT2D eigenvalue weighted by Crippen LogP contribution is 2.39. The fourth-order valence-corrected chi connectivity index (χ4v) is 1.98. The standard InChI is InChI=1S/C13H28O2/c1-6-8-9-10-11(14)13(5,7-2)12(3,4)15/h11,14-15H,6-10H2,1-5H3. The van der Waals surface area contributed by atoms with Gasteiger partial charge in [0, 0.05) is 5.41 Å². The van der Waals surface area contributed by atoms with Gasteiger partial charge in [0.25, 0.3) is 0 Å². The second-order valence-electron chi connectivity index (χ2n) is 5.34. The van der Waals surface area contributed by atoms with Crippen LogP contribution < -0.4 is 0 Å². The summed E-state index contributed by atoms with van der Waals surface area (Å²) in [6, 6.07) is 0. The van der Waals surface area contributed by atoms with Crippen LogP contribution in [0.1, 0.15) is 66.7 Å². The Labute approximate surface area is 94.7 Å². The fourth-order valence-electron chi connectivity index (χ4n) is 1.98. The van der Waals surface area contributed by atoms with Crippen LogP contribution in [0.25, 0.3) is 0 Å². The van der Waals surface area contributed by atoms with Crippen LogP contribution in [-0.4, -0.2) is 21.9 Å². The molecule has 2 nitrogen and oxygen atoms in total. The van der Waals surface area contributed by atoms with Gasteiger partial charge in [-0.1, -0.05) is 40.0 Å². The number of rotatable bonds is 7. The molecule has 15 heavy (non-hydrogen) atoms. The van der Waals surface area contributed by atoms with E-state index in [0.29, 0.717) is 0 Å². The van der Waals surface area contributed by atoms with Gasteiger partial charge in [0.2, 0.25) is 0 Å². The minimum atomic E-state index is -0.826. The molecule has 0 aliphatic carbocycles. The predicted molar refractivity (Wildman–Crippen MR) is 64.8 cm³/mol. The molecular weight excluding hydrogens is 188 g/mol. The number of hydrogen-bond acceptors (Lipinski definition) is 2. The molecule has 0 radical (unpaired) electrons. The molecule has 2 atom stereocenters. The van der Waals surface area contributed by atoms with Gasteiger partial charge >= 0.3 is 0 Å². The van der Waals surface area contributed by atoms with Crippen molar-refractivity contribution in [3.63, 3.8) is 0 Å². The Bertz CT molecular complexity index is 172. The molecule has 0 aromatic heterocycles. The molecule has 0 bridgehead atoms. The van der Waals surface area contributed by atoms with Crippen molar-refractivity contribution < 1.29 is 10.2 Å². The van der Waals surface area contributed by atoms with Crippen molar-refractivity contribution in [3.05, 3.63) is 0 Å². The molecule has 0 aromatic carbocycles. The quantitative estimate of drug-likeness (QED) is 0.642. The molecule has 0 amide bonds. The van der Waals surface area contributed by atoms with Crippen molar-refractivity contribution in [2.45, 2.75) is 78.4 Å². The van der Waals surface area contributed by atoms with E-state index in [1.54, 1.807) is 13.8 Å². The smallest absolute Gasteiger partial charge is 0.0669 e. The summed E-state index contributed by atoms with van der Waals surface area (Å²) in [5, 5.41) is 20.3. The van der Waals surface area contributed by atoms with Crippen molar-refractivity contribution in [1.82, 2.24) is 0 Å². The van der Waals surface area contributed by atoms with Gasteiger partial charge in [-0.2, -0.15) is 0 Å². The maximum Gasteiger partial charge on any atom is 0.0669 e. The largest absolute Gasteiger partial charge is 0.392 e. The first-order valence-electron chi connectivity index (χ1n) is 6.20. The second kappa shape index (κ2) is 5.86. The number of aliphatic hydroxyl groups is 2. The third kappa shape index (κ3) is 3.76. The van der Waals surface area contributed by atoms with Crippen LogP contribution in [0.2, 0.25) is 0 Å². The van der Waals surface area contributed by atoms with Crippen LogP contribution in [0.5, 0.6) is 0 Å². The van der Waals surface area contributed by atoms with E-state index < -0.39 is 17.1 Å². The lowest BCUT2D eigenvalue weighted by molar-refractivity contribution is -0.118. The summed E-state index contributed by atoms with van der Waals surface area (Å²) in [5.41, 5.74) is -1.23. The molecule has 0 aromatic rings. The van der Waals surface area contributed by atoms with E-state index in [2.05, 4.69) is 6.92 Å². The average Bonchev–Trinajstić information content (AvgIpc) is 2.15. The monoisotopic (exact) mass is 216 g/mol. The maximum absolute atomic E-state index is 10.2. The van der Waals surface area contributed by atoms with E-state index >= 15 is 0 Å². The first kappa shape index (κ1) is 14.9. The van der Waals surface area contributed by atoms with Gasteiger partial charge in [0.05, 0.1) is 11.7 Å². The fraction of sp³-hybridized carbons (Fsp3) is 1.00. The first-order valence-corrected chi connectivity index (χ1v) is 6.20. The minimum absolute atomic E-state index is 0.402. The van der Waals surface area contributed by atoms with E-state index in [4.69, 9.17) is 0 Å². The molecule has 2 unspecified atom stereocenters. The zero-order chi connectivity index (χ0) is 12.1. The molecule has 0 saturated heterocycles. The summed E-state index contributed by atoms with van der Waals surface area (Å²) in [6.07, 6.45) is 4.55.